The predicted octanol–water partition coefficient (Wildman–Crippen LogP) is 1.66. The zero-order valence-electron chi connectivity index (χ0n) is 11.7. The van der Waals surface area contributed by atoms with Crippen LogP contribution in [0.4, 0.5) is 0 Å². The van der Waals surface area contributed by atoms with Gasteiger partial charge in [0.25, 0.3) is 0 Å². The third-order valence-electron chi connectivity index (χ3n) is 4.20. The Morgan fingerprint density at radius 2 is 2.00 bits per heavy atom. The highest BCUT2D eigenvalue weighted by molar-refractivity contribution is 5.85. The smallest absolute Gasteiger partial charge is 0.326 e. The molecule has 0 aromatic carbocycles. The molecule has 3 unspecified atom stereocenters. The molecule has 0 aromatic heterocycles. The lowest BCUT2D eigenvalue weighted by molar-refractivity contribution is -0.152. The standard InChI is InChI=1S/C14H23NO4/c1-9(2)19-8-13(16)15-11-6-4-3-5-10(11)7-12(15)14(17)18/h9-12H,3-8H2,1-2H3,(H,17,18). The van der Waals surface area contributed by atoms with Gasteiger partial charge < -0.3 is 14.7 Å². The highest BCUT2D eigenvalue weighted by atomic mass is 16.5. The number of rotatable bonds is 4. The number of carboxylic acid groups (broad SMARTS) is 1. The Kier molecular flexibility index (Phi) is 4.45. The minimum atomic E-state index is -0.882. The predicted molar refractivity (Wildman–Crippen MR) is 69.7 cm³/mol. The number of carboxylic acids is 1. The van der Waals surface area contributed by atoms with Gasteiger partial charge in [-0.05, 0) is 39.0 Å². The fraction of sp³-hybridized carbons (Fsp3) is 0.857. The summed E-state index contributed by atoms with van der Waals surface area (Å²) in [6.45, 7) is 3.73. The van der Waals surface area contributed by atoms with E-state index in [2.05, 4.69) is 0 Å². The maximum atomic E-state index is 12.3. The molecule has 1 saturated heterocycles. The van der Waals surface area contributed by atoms with Crippen LogP contribution in [-0.2, 0) is 14.3 Å². The number of likely N-dealkylation sites (tertiary alicyclic amines) is 1. The van der Waals surface area contributed by atoms with Crippen molar-refractivity contribution in [2.75, 3.05) is 6.61 Å². The van der Waals surface area contributed by atoms with Crippen LogP contribution < -0.4 is 0 Å². The van der Waals surface area contributed by atoms with Crippen molar-refractivity contribution in [1.29, 1.82) is 0 Å². The van der Waals surface area contributed by atoms with Crippen LogP contribution in [0.25, 0.3) is 0 Å². The fourth-order valence-corrected chi connectivity index (χ4v) is 3.35. The maximum absolute atomic E-state index is 12.3. The highest BCUT2D eigenvalue weighted by Gasteiger charge is 2.47. The van der Waals surface area contributed by atoms with Crippen molar-refractivity contribution >= 4 is 11.9 Å². The minimum Gasteiger partial charge on any atom is -0.480 e. The molecule has 3 atom stereocenters. The second-order valence-corrected chi connectivity index (χ2v) is 5.86. The van der Waals surface area contributed by atoms with Crippen LogP contribution >= 0.6 is 0 Å². The van der Waals surface area contributed by atoms with Crippen molar-refractivity contribution in [3.05, 3.63) is 0 Å². The summed E-state index contributed by atoms with van der Waals surface area (Å²) in [7, 11) is 0. The molecule has 2 rings (SSSR count). The SMILES string of the molecule is CC(C)OCC(=O)N1C(C(=O)O)CC2CCCCC21. The van der Waals surface area contributed by atoms with Gasteiger partial charge in [0, 0.05) is 6.04 Å². The Bertz CT molecular complexity index is 355. The molecule has 1 aliphatic heterocycles. The molecule has 2 aliphatic rings. The van der Waals surface area contributed by atoms with Gasteiger partial charge in [0.1, 0.15) is 12.6 Å². The molecular formula is C14H23NO4. The first-order chi connectivity index (χ1) is 9.00. The van der Waals surface area contributed by atoms with Crippen LogP contribution in [0.3, 0.4) is 0 Å². The van der Waals surface area contributed by atoms with Crippen LogP contribution in [-0.4, -0.2) is 46.7 Å². The molecule has 1 heterocycles. The summed E-state index contributed by atoms with van der Waals surface area (Å²) in [5, 5.41) is 9.32. The second-order valence-electron chi connectivity index (χ2n) is 5.86. The molecule has 0 spiro atoms. The summed E-state index contributed by atoms with van der Waals surface area (Å²) >= 11 is 0. The van der Waals surface area contributed by atoms with E-state index in [0.717, 1.165) is 25.7 Å². The summed E-state index contributed by atoms with van der Waals surface area (Å²) in [6, 6.07) is -0.547. The second kappa shape index (κ2) is 5.90. The zero-order valence-corrected chi connectivity index (χ0v) is 11.7. The summed E-state index contributed by atoms with van der Waals surface area (Å²) in [5.74, 6) is -0.694. The van der Waals surface area contributed by atoms with Crippen molar-refractivity contribution < 1.29 is 19.4 Å². The Hall–Kier alpha value is -1.10. The number of hydrogen-bond donors (Lipinski definition) is 1. The molecule has 0 bridgehead atoms. The normalized spacial score (nSPS) is 30.5. The van der Waals surface area contributed by atoms with E-state index >= 15 is 0 Å². The van der Waals surface area contributed by atoms with E-state index < -0.39 is 12.0 Å². The topological polar surface area (TPSA) is 66.8 Å². The molecule has 1 amide bonds. The highest BCUT2D eigenvalue weighted by Crippen LogP contribution is 2.39. The van der Waals surface area contributed by atoms with Crippen molar-refractivity contribution in [3.8, 4) is 0 Å². The molecule has 5 heteroatoms. The van der Waals surface area contributed by atoms with E-state index in [4.69, 9.17) is 4.74 Å². The van der Waals surface area contributed by atoms with E-state index in [0.29, 0.717) is 12.3 Å². The lowest BCUT2D eigenvalue weighted by atomic mass is 9.85. The monoisotopic (exact) mass is 269 g/mol. The lowest BCUT2D eigenvalue weighted by Gasteiger charge is -2.33. The van der Waals surface area contributed by atoms with Crippen molar-refractivity contribution in [1.82, 2.24) is 4.90 Å². The van der Waals surface area contributed by atoms with Gasteiger partial charge >= 0.3 is 5.97 Å². The molecule has 108 valence electrons. The molecule has 2 fully saturated rings. The van der Waals surface area contributed by atoms with Gasteiger partial charge in [-0.15, -0.1) is 0 Å². The summed E-state index contributed by atoms with van der Waals surface area (Å²) in [6.07, 6.45) is 4.80. The van der Waals surface area contributed by atoms with Crippen LogP contribution in [0, 0.1) is 5.92 Å². The summed E-state index contributed by atoms with van der Waals surface area (Å²) in [5.41, 5.74) is 0. The molecule has 5 nitrogen and oxygen atoms in total. The lowest BCUT2D eigenvalue weighted by Crippen LogP contribution is -2.47. The van der Waals surface area contributed by atoms with Crippen LogP contribution in [0.1, 0.15) is 46.0 Å². The Balaban J connectivity index is 2.08. The van der Waals surface area contributed by atoms with Crippen molar-refractivity contribution in [2.45, 2.75) is 64.1 Å². The van der Waals surface area contributed by atoms with Crippen molar-refractivity contribution in [2.24, 2.45) is 5.92 Å². The van der Waals surface area contributed by atoms with E-state index in [1.54, 1.807) is 4.90 Å². The van der Waals surface area contributed by atoms with Gasteiger partial charge in [0.05, 0.1) is 6.10 Å². The minimum absolute atomic E-state index is 0.00926. The number of amides is 1. The average molecular weight is 269 g/mol. The molecule has 0 radical (unpaired) electrons. The molecule has 1 saturated carbocycles. The van der Waals surface area contributed by atoms with Gasteiger partial charge in [0.2, 0.25) is 5.91 Å². The summed E-state index contributed by atoms with van der Waals surface area (Å²) in [4.78, 5) is 25.2. The number of nitrogens with zero attached hydrogens (tertiary/aromatic N) is 1. The third-order valence-corrected chi connectivity index (χ3v) is 4.20. The van der Waals surface area contributed by atoms with E-state index in [1.165, 1.54) is 0 Å². The quantitative estimate of drug-likeness (QED) is 0.842. The van der Waals surface area contributed by atoms with Crippen molar-refractivity contribution in [3.63, 3.8) is 0 Å². The molecule has 19 heavy (non-hydrogen) atoms. The zero-order chi connectivity index (χ0) is 14.0. The number of hydrogen-bond acceptors (Lipinski definition) is 3. The number of fused-ring (bicyclic) bond motifs is 1. The fourth-order valence-electron chi connectivity index (χ4n) is 3.35. The van der Waals surface area contributed by atoms with E-state index in [1.807, 2.05) is 13.8 Å². The van der Waals surface area contributed by atoms with Crippen LogP contribution in [0.2, 0.25) is 0 Å². The number of carbonyl (C=O) groups excluding carboxylic acids is 1. The number of ether oxygens (including phenoxy) is 1. The first-order valence-electron chi connectivity index (χ1n) is 7.16. The average Bonchev–Trinajstić information content (AvgIpc) is 2.75. The molecule has 0 aromatic rings. The van der Waals surface area contributed by atoms with Gasteiger partial charge in [0.15, 0.2) is 0 Å². The summed E-state index contributed by atoms with van der Waals surface area (Å²) < 4.78 is 5.34. The van der Waals surface area contributed by atoms with Gasteiger partial charge in [-0.2, -0.15) is 0 Å². The van der Waals surface area contributed by atoms with E-state index in [9.17, 15) is 14.7 Å². The van der Waals surface area contributed by atoms with Crippen LogP contribution in [0.15, 0.2) is 0 Å². The maximum Gasteiger partial charge on any atom is 0.326 e. The van der Waals surface area contributed by atoms with Gasteiger partial charge in [-0.25, -0.2) is 4.79 Å². The number of carbonyl (C=O) groups is 2. The van der Waals surface area contributed by atoms with Gasteiger partial charge in [-0.1, -0.05) is 12.8 Å². The van der Waals surface area contributed by atoms with Crippen LogP contribution in [0.5, 0.6) is 0 Å². The Labute approximate surface area is 113 Å². The van der Waals surface area contributed by atoms with Gasteiger partial charge in [-0.3, -0.25) is 4.79 Å². The first-order valence-corrected chi connectivity index (χ1v) is 7.16. The largest absolute Gasteiger partial charge is 0.480 e. The van der Waals surface area contributed by atoms with E-state index in [-0.39, 0.29) is 24.7 Å². The third kappa shape index (κ3) is 3.08. The molecule has 1 N–H and O–H groups in total. The Morgan fingerprint density at radius 1 is 1.32 bits per heavy atom. The molecular weight excluding hydrogens is 246 g/mol. The Morgan fingerprint density at radius 3 is 2.63 bits per heavy atom. The first kappa shape index (κ1) is 14.3. The molecule has 1 aliphatic carbocycles. The number of aliphatic carboxylic acids is 1.